The van der Waals surface area contributed by atoms with E-state index < -0.39 is 0 Å². The molecular weight excluding hydrogens is 238 g/mol. The first-order chi connectivity index (χ1) is 8.34. The van der Waals surface area contributed by atoms with Gasteiger partial charge in [-0.25, -0.2) is 9.97 Å². The molecule has 0 aliphatic carbocycles. The van der Waals surface area contributed by atoms with Crippen molar-refractivity contribution in [1.29, 1.82) is 0 Å². The molecule has 0 unspecified atom stereocenters. The Kier molecular flexibility index (Phi) is 3.27. The van der Waals surface area contributed by atoms with Crippen LogP contribution in [0.2, 0.25) is 5.15 Å². The van der Waals surface area contributed by atoms with Gasteiger partial charge in [0.2, 0.25) is 0 Å². The third kappa shape index (κ3) is 2.30. The van der Waals surface area contributed by atoms with Crippen LogP contribution in [0, 0.1) is 0 Å². The van der Waals surface area contributed by atoms with E-state index in [1.54, 1.807) is 0 Å². The van der Waals surface area contributed by atoms with Crippen molar-refractivity contribution in [3.63, 3.8) is 0 Å². The summed E-state index contributed by atoms with van der Waals surface area (Å²) >= 11 is 6.24. The van der Waals surface area contributed by atoms with E-state index in [9.17, 15) is 0 Å². The largest absolute Gasteiger partial charge is 0.381 e. The first-order valence-corrected chi connectivity index (χ1v) is 6.56. The molecule has 0 bridgehead atoms. The molecule has 92 valence electrons. The van der Waals surface area contributed by atoms with Crippen LogP contribution in [0.15, 0.2) is 0 Å². The van der Waals surface area contributed by atoms with Crippen LogP contribution in [0.1, 0.15) is 35.8 Å². The summed E-state index contributed by atoms with van der Waals surface area (Å²) in [5.41, 5.74) is 2.21. The fraction of sp³-hybridized carbons (Fsp3) is 0.667. The predicted octanol–water partition coefficient (Wildman–Crippen LogP) is 1.67. The second-order valence-electron chi connectivity index (χ2n) is 4.61. The Bertz CT molecular complexity index is 418. The van der Waals surface area contributed by atoms with Crippen molar-refractivity contribution >= 4 is 11.6 Å². The van der Waals surface area contributed by atoms with Crippen LogP contribution in [0.3, 0.4) is 0 Å². The summed E-state index contributed by atoms with van der Waals surface area (Å²) in [6, 6.07) is 0. The van der Waals surface area contributed by atoms with Crippen molar-refractivity contribution in [2.75, 3.05) is 19.8 Å². The second-order valence-corrected chi connectivity index (χ2v) is 4.97. The zero-order valence-electron chi connectivity index (χ0n) is 9.71. The summed E-state index contributed by atoms with van der Waals surface area (Å²) in [5.74, 6) is 1.33. The maximum atomic E-state index is 6.24. The third-order valence-electron chi connectivity index (χ3n) is 3.49. The fourth-order valence-corrected chi connectivity index (χ4v) is 2.72. The number of rotatable bonds is 1. The maximum absolute atomic E-state index is 6.24. The minimum Gasteiger partial charge on any atom is -0.381 e. The molecule has 1 N–H and O–H groups in total. The Morgan fingerprint density at radius 1 is 1.24 bits per heavy atom. The lowest BCUT2D eigenvalue weighted by Gasteiger charge is -2.23. The molecule has 0 atom stereocenters. The number of hydrogen-bond donors (Lipinski definition) is 1. The Labute approximate surface area is 106 Å². The average Bonchev–Trinajstić information content (AvgIpc) is 2.40. The monoisotopic (exact) mass is 253 g/mol. The molecule has 4 nitrogen and oxygen atoms in total. The highest BCUT2D eigenvalue weighted by molar-refractivity contribution is 6.30. The molecule has 1 fully saturated rings. The quantitative estimate of drug-likeness (QED) is 0.774. The number of halogens is 1. The molecule has 1 saturated heterocycles. The van der Waals surface area contributed by atoms with E-state index in [1.165, 1.54) is 0 Å². The van der Waals surface area contributed by atoms with Gasteiger partial charge in [-0.3, -0.25) is 0 Å². The third-order valence-corrected chi connectivity index (χ3v) is 3.80. The smallest absolute Gasteiger partial charge is 0.137 e. The van der Waals surface area contributed by atoms with Crippen LogP contribution in [0.25, 0.3) is 0 Å². The molecule has 17 heavy (non-hydrogen) atoms. The van der Waals surface area contributed by atoms with Crippen molar-refractivity contribution in [2.45, 2.75) is 31.7 Å². The zero-order valence-corrected chi connectivity index (χ0v) is 10.5. The van der Waals surface area contributed by atoms with Gasteiger partial charge in [0, 0.05) is 44.2 Å². The minimum absolute atomic E-state index is 0.418. The zero-order chi connectivity index (χ0) is 11.7. The van der Waals surface area contributed by atoms with Crippen molar-refractivity contribution in [3.05, 3.63) is 22.2 Å². The van der Waals surface area contributed by atoms with E-state index in [4.69, 9.17) is 21.3 Å². The molecule has 0 saturated carbocycles. The molecule has 2 aliphatic rings. The summed E-state index contributed by atoms with van der Waals surface area (Å²) in [7, 11) is 0. The van der Waals surface area contributed by atoms with Gasteiger partial charge < -0.3 is 10.1 Å². The fourth-order valence-electron chi connectivity index (χ4n) is 2.46. The minimum atomic E-state index is 0.418. The van der Waals surface area contributed by atoms with Crippen LogP contribution in [0.5, 0.6) is 0 Å². The predicted molar refractivity (Wildman–Crippen MR) is 65.2 cm³/mol. The van der Waals surface area contributed by atoms with E-state index in [-0.39, 0.29) is 0 Å². The summed E-state index contributed by atoms with van der Waals surface area (Å²) in [6.07, 6.45) is 2.97. The Balaban J connectivity index is 1.92. The van der Waals surface area contributed by atoms with Crippen molar-refractivity contribution in [3.8, 4) is 0 Å². The van der Waals surface area contributed by atoms with Crippen LogP contribution in [0.4, 0.5) is 0 Å². The summed E-state index contributed by atoms with van der Waals surface area (Å²) < 4.78 is 5.37. The number of nitrogens with one attached hydrogen (secondary N) is 1. The van der Waals surface area contributed by atoms with Crippen molar-refractivity contribution < 1.29 is 4.74 Å². The highest BCUT2D eigenvalue weighted by Crippen LogP contribution is 2.28. The van der Waals surface area contributed by atoms with Gasteiger partial charge in [0.15, 0.2) is 0 Å². The lowest BCUT2D eigenvalue weighted by atomic mass is 9.98. The van der Waals surface area contributed by atoms with Gasteiger partial charge in [-0.2, -0.15) is 0 Å². The van der Waals surface area contributed by atoms with Gasteiger partial charge in [0.05, 0.1) is 5.69 Å². The highest BCUT2D eigenvalue weighted by atomic mass is 35.5. The van der Waals surface area contributed by atoms with E-state index in [0.29, 0.717) is 11.1 Å². The van der Waals surface area contributed by atoms with Crippen molar-refractivity contribution in [1.82, 2.24) is 15.3 Å². The van der Waals surface area contributed by atoms with E-state index in [0.717, 1.165) is 62.6 Å². The molecule has 1 aromatic rings. The lowest BCUT2D eigenvalue weighted by molar-refractivity contribution is 0.0835. The molecule has 0 radical (unpaired) electrons. The van der Waals surface area contributed by atoms with Crippen LogP contribution < -0.4 is 5.32 Å². The molecule has 0 spiro atoms. The molecule has 0 amide bonds. The van der Waals surface area contributed by atoms with Crippen LogP contribution in [-0.4, -0.2) is 29.7 Å². The van der Waals surface area contributed by atoms with Gasteiger partial charge in [-0.05, 0) is 12.8 Å². The van der Waals surface area contributed by atoms with Gasteiger partial charge in [0.1, 0.15) is 11.0 Å². The van der Waals surface area contributed by atoms with Crippen LogP contribution >= 0.6 is 11.6 Å². The Hall–Kier alpha value is -0.710. The van der Waals surface area contributed by atoms with Crippen molar-refractivity contribution in [2.24, 2.45) is 0 Å². The van der Waals surface area contributed by atoms with Gasteiger partial charge >= 0.3 is 0 Å². The molecule has 1 aromatic heterocycles. The topological polar surface area (TPSA) is 47.0 Å². The maximum Gasteiger partial charge on any atom is 0.137 e. The Morgan fingerprint density at radius 3 is 2.88 bits per heavy atom. The first kappa shape index (κ1) is 11.4. The van der Waals surface area contributed by atoms with E-state index in [1.807, 2.05) is 0 Å². The first-order valence-electron chi connectivity index (χ1n) is 6.18. The molecule has 5 heteroatoms. The SMILES string of the molecule is Clc1nc(C2CCOCC2)nc2c1CNCC2. The second kappa shape index (κ2) is 4.88. The standard InChI is InChI=1S/C12H16ClN3O/c13-11-9-7-14-4-1-10(9)15-12(16-11)8-2-5-17-6-3-8/h8,14H,1-7H2. The number of fused-ring (bicyclic) bond motifs is 1. The summed E-state index contributed by atoms with van der Waals surface area (Å²) in [6.45, 7) is 3.39. The summed E-state index contributed by atoms with van der Waals surface area (Å²) in [5, 5.41) is 3.92. The summed E-state index contributed by atoms with van der Waals surface area (Å²) in [4.78, 5) is 9.18. The molecule has 3 rings (SSSR count). The molecule has 0 aromatic carbocycles. The highest BCUT2D eigenvalue weighted by Gasteiger charge is 2.22. The van der Waals surface area contributed by atoms with Gasteiger partial charge in [-0.15, -0.1) is 0 Å². The number of aromatic nitrogens is 2. The van der Waals surface area contributed by atoms with Gasteiger partial charge in [0.25, 0.3) is 0 Å². The normalized spacial score (nSPS) is 21.2. The molecule has 2 aliphatic heterocycles. The average molecular weight is 254 g/mol. The van der Waals surface area contributed by atoms with E-state index in [2.05, 4.69) is 10.3 Å². The molecular formula is C12H16ClN3O. The Morgan fingerprint density at radius 2 is 2.06 bits per heavy atom. The lowest BCUT2D eigenvalue weighted by Crippen LogP contribution is -2.27. The van der Waals surface area contributed by atoms with Gasteiger partial charge in [-0.1, -0.05) is 11.6 Å². The number of hydrogen-bond acceptors (Lipinski definition) is 4. The van der Waals surface area contributed by atoms with Crippen LogP contribution in [-0.2, 0) is 17.7 Å². The van der Waals surface area contributed by atoms with E-state index >= 15 is 0 Å². The number of ether oxygens (including phenoxy) is 1. The molecule has 3 heterocycles. The number of nitrogens with zero attached hydrogens (tertiary/aromatic N) is 2.